The van der Waals surface area contributed by atoms with E-state index in [1.165, 1.54) is 46.9 Å². The number of aromatic nitrogens is 1. The fourth-order valence-electron chi connectivity index (χ4n) is 3.87. The van der Waals surface area contributed by atoms with Gasteiger partial charge in [-0.3, -0.25) is 4.79 Å². The molecular formula is C28H29FN4O4S2. The second-order valence-corrected chi connectivity index (χ2v) is 11.6. The Balaban J connectivity index is 1.68. The van der Waals surface area contributed by atoms with Gasteiger partial charge in [-0.2, -0.15) is 14.4 Å². The maximum atomic E-state index is 13.8. The van der Waals surface area contributed by atoms with Gasteiger partial charge in [0.25, 0.3) is 5.91 Å². The molecule has 0 saturated carbocycles. The van der Waals surface area contributed by atoms with Crippen molar-refractivity contribution in [2.75, 3.05) is 25.2 Å². The molecule has 11 heteroatoms. The van der Waals surface area contributed by atoms with Crippen LogP contribution in [-0.4, -0.2) is 50.0 Å². The summed E-state index contributed by atoms with van der Waals surface area (Å²) in [5.74, 6) is -0.240. The Morgan fingerprint density at radius 2 is 1.69 bits per heavy atom. The lowest BCUT2D eigenvalue weighted by Gasteiger charge is -2.21. The first-order valence-electron chi connectivity index (χ1n) is 12.5. The summed E-state index contributed by atoms with van der Waals surface area (Å²) in [5.41, 5.74) is 1.47. The lowest BCUT2D eigenvalue weighted by molar-refractivity contribution is 0.0987. The first kappa shape index (κ1) is 28.3. The number of fused-ring (bicyclic) bond motifs is 1. The van der Waals surface area contributed by atoms with Crippen molar-refractivity contribution in [3.8, 4) is 5.75 Å². The molecule has 0 N–H and O–H groups in total. The number of nitrogens with zero attached hydrogens (tertiary/aromatic N) is 4. The van der Waals surface area contributed by atoms with Crippen LogP contribution in [0.1, 0.15) is 42.6 Å². The van der Waals surface area contributed by atoms with Crippen molar-refractivity contribution in [1.82, 2.24) is 9.29 Å². The van der Waals surface area contributed by atoms with Crippen molar-refractivity contribution in [3.63, 3.8) is 0 Å². The second kappa shape index (κ2) is 12.5. The zero-order chi connectivity index (χ0) is 28.0. The van der Waals surface area contributed by atoms with Crippen molar-refractivity contribution in [2.45, 2.75) is 31.6 Å². The summed E-state index contributed by atoms with van der Waals surface area (Å²) in [7, 11) is -2.12. The predicted octanol–water partition coefficient (Wildman–Crippen LogP) is 5.94. The van der Waals surface area contributed by atoms with E-state index in [-0.39, 0.29) is 15.6 Å². The van der Waals surface area contributed by atoms with E-state index in [0.717, 1.165) is 16.3 Å². The van der Waals surface area contributed by atoms with Crippen molar-refractivity contribution >= 4 is 48.8 Å². The predicted molar refractivity (Wildman–Crippen MR) is 153 cm³/mol. The number of hydrazone groups is 1. The van der Waals surface area contributed by atoms with E-state index in [2.05, 4.69) is 10.1 Å². The van der Waals surface area contributed by atoms with Gasteiger partial charge < -0.3 is 4.74 Å². The van der Waals surface area contributed by atoms with E-state index in [1.807, 2.05) is 13.8 Å². The van der Waals surface area contributed by atoms with Crippen molar-refractivity contribution in [2.24, 2.45) is 5.10 Å². The highest BCUT2D eigenvalue weighted by molar-refractivity contribution is 7.89. The van der Waals surface area contributed by atoms with Gasteiger partial charge in [-0.15, -0.1) is 0 Å². The zero-order valence-electron chi connectivity index (χ0n) is 21.9. The smallest absolute Gasteiger partial charge is 0.280 e. The average molecular weight is 569 g/mol. The van der Waals surface area contributed by atoms with Crippen LogP contribution in [-0.2, 0) is 10.0 Å². The number of thiazole rings is 1. The lowest BCUT2D eigenvalue weighted by atomic mass is 10.2. The quantitative estimate of drug-likeness (QED) is 0.165. The van der Waals surface area contributed by atoms with Crippen molar-refractivity contribution in [3.05, 3.63) is 83.7 Å². The highest BCUT2D eigenvalue weighted by Gasteiger charge is 2.25. The molecule has 0 spiro atoms. The van der Waals surface area contributed by atoms with E-state index in [9.17, 15) is 17.6 Å². The van der Waals surface area contributed by atoms with Gasteiger partial charge in [-0.05, 0) is 85.1 Å². The first-order chi connectivity index (χ1) is 18.8. The molecule has 0 unspecified atom stereocenters. The summed E-state index contributed by atoms with van der Waals surface area (Å²) >= 11 is 1.12. The van der Waals surface area contributed by atoms with Crippen LogP contribution in [0.15, 0.2) is 76.7 Å². The van der Waals surface area contributed by atoms with Crippen LogP contribution in [0.5, 0.6) is 5.75 Å². The van der Waals surface area contributed by atoms with Crippen LogP contribution in [0.4, 0.5) is 9.52 Å². The van der Waals surface area contributed by atoms with Gasteiger partial charge in [0.1, 0.15) is 11.6 Å². The normalized spacial score (nSPS) is 11.9. The molecule has 3 aromatic carbocycles. The summed E-state index contributed by atoms with van der Waals surface area (Å²) in [6.45, 7) is 4.70. The summed E-state index contributed by atoms with van der Waals surface area (Å²) in [6.07, 6.45) is 2.91. The minimum absolute atomic E-state index is 0.115. The molecule has 4 rings (SSSR count). The number of anilines is 1. The van der Waals surface area contributed by atoms with E-state index >= 15 is 0 Å². The Bertz CT molecular complexity index is 1560. The van der Waals surface area contributed by atoms with Gasteiger partial charge in [0.05, 0.1) is 28.4 Å². The third-order valence-electron chi connectivity index (χ3n) is 5.84. The summed E-state index contributed by atoms with van der Waals surface area (Å²) in [4.78, 5) is 18.2. The second-order valence-electron chi connectivity index (χ2n) is 8.67. The molecule has 39 heavy (non-hydrogen) atoms. The minimum Gasteiger partial charge on any atom is -0.497 e. The fourth-order valence-corrected chi connectivity index (χ4v) is 6.44. The van der Waals surface area contributed by atoms with Crippen LogP contribution < -0.4 is 9.75 Å². The summed E-state index contributed by atoms with van der Waals surface area (Å²) < 4.78 is 47.3. The van der Waals surface area contributed by atoms with Gasteiger partial charge in [0.2, 0.25) is 15.2 Å². The number of carbonyl (C=O) groups excluding carboxylic acids is 1. The number of hydrogen-bond acceptors (Lipinski definition) is 7. The Morgan fingerprint density at radius 3 is 2.31 bits per heavy atom. The Kier molecular flexibility index (Phi) is 9.05. The largest absolute Gasteiger partial charge is 0.497 e. The van der Waals surface area contributed by atoms with E-state index in [0.29, 0.717) is 47.5 Å². The summed E-state index contributed by atoms with van der Waals surface area (Å²) in [5, 5.41) is 5.79. The summed E-state index contributed by atoms with van der Waals surface area (Å²) in [6, 6.07) is 17.1. The molecule has 8 nitrogen and oxygen atoms in total. The molecule has 204 valence electrons. The number of ether oxygens (including phenoxy) is 1. The molecule has 0 atom stereocenters. The molecule has 1 amide bonds. The minimum atomic E-state index is -3.69. The SMILES string of the molecule is CCCN(CCC)S(=O)(=O)c1ccc(C(=O)N(/N=C/c2ccc(OC)cc2)c2nc3ccc(F)cc3s2)cc1. The number of hydrogen-bond donors (Lipinski definition) is 0. The van der Waals surface area contributed by atoms with Crippen LogP contribution in [0.3, 0.4) is 0 Å². The van der Waals surface area contributed by atoms with Gasteiger partial charge in [-0.1, -0.05) is 25.2 Å². The topological polar surface area (TPSA) is 92.2 Å². The van der Waals surface area contributed by atoms with Gasteiger partial charge >= 0.3 is 0 Å². The molecule has 1 heterocycles. The molecule has 4 aromatic rings. The Labute approximate surface area is 231 Å². The number of amides is 1. The Hall–Kier alpha value is -3.67. The van der Waals surface area contributed by atoms with Gasteiger partial charge in [-0.25, -0.2) is 17.8 Å². The lowest BCUT2D eigenvalue weighted by Crippen LogP contribution is -2.32. The average Bonchev–Trinajstić information content (AvgIpc) is 3.36. The molecular weight excluding hydrogens is 539 g/mol. The molecule has 1 aromatic heterocycles. The van der Waals surface area contributed by atoms with Crippen molar-refractivity contribution < 1.29 is 22.3 Å². The van der Waals surface area contributed by atoms with Crippen molar-refractivity contribution in [1.29, 1.82) is 0 Å². The van der Waals surface area contributed by atoms with E-state index in [1.54, 1.807) is 37.4 Å². The molecule has 0 bridgehead atoms. The molecule has 0 aliphatic rings. The molecule has 0 aliphatic heterocycles. The molecule has 0 radical (unpaired) electrons. The molecule has 0 aliphatic carbocycles. The molecule has 0 fully saturated rings. The third kappa shape index (κ3) is 6.49. The zero-order valence-corrected chi connectivity index (χ0v) is 23.5. The number of benzene rings is 3. The number of sulfonamides is 1. The van der Waals surface area contributed by atoms with Gasteiger partial charge in [0, 0.05) is 18.7 Å². The maximum absolute atomic E-state index is 13.8. The Morgan fingerprint density at radius 1 is 1.03 bits per heavy atom. The maximum Gasteiger partial charge on any atom is 0.280 e. The van der Waals surface area contributed by atoms with E-state index < -0.39 is 21.7 Å². The first-order valence-corrected chi connectivity index (χ1v) is 14.7. The van der Waals surface area contributed by atoms with Crippen LogP contribution in [0, 0.1) is 5.82 Å². The number of methoxy groups -OCH3 is 1. The highest BCUT2D eigenvalue weighted by atomic mass is 32.2. The standard InChI is InChI=1S/C28H29FN4O4S2/c1-4-16-32(17-5-2)39(35,36)24-13-8-21(9-14-24)27(34)33(30-19-20-6-11-23(37-3)12-7-20)28-31-25-15-10-22(29)18-26(25)38-28/h6-15,18-19H,4-5,16-17H2,1-3H3/b30-19+. The monoisotopic (exact) mass is 568 g/mol. The fraction of sp³-hybridized carbons (Fsp3) is 0.250. The van der Waals surface area contributed by atoms with Gasteiger partial charge in [0.15, 0.2) is 0 Å². The van der Waals surface area contributed by atoms with Crippen LogP contribution in [0.2, 0.25) is 0 Å². The number of rotatable bonds is 11. The van der Waals surface area contributed by atoms with Crippen LogP contribution in [0.25, 0.3) is 10.2 Å². The highest BCUT2D eigenvalue weighted by Crippen LogP contribution is 2.31. The number of carbonyl (C=O) groups is 1. The number of halogens is 1. The molecule has 0 saturated heterocycles. The van der Waals surface area contributed by atoms with E-state index in [4.69, 9.17) is 4.74 Å². The third-order valence-corrected chi connectivity index (χ3v) is 8.74. The van der Waals surface area contributed by atoms with Crippen LogP contribution >= 0.6 is 11.3 Å².